The van der Waals surface area contributed by atoms with Crippen LogP contribution in [0.5, 0.6) is 5.75 Å². The number of amides is 3. The number of aromatic nitrogens is 2. The van der Waals surface area contributed by atoms with E-state index in [1.807, 2.05) is 0 Å². The molecule has 1 aromatic carbocycles. The predicted molar refractivity (Wildman–Crippen MR) is 136 cm³/mol. The van der Waals surface area contributed by atoms with Gasteiger partial charge >= 0.3 is 11.8 Å². The zero-order valence-electron chi connectivity index (χ0n) is 21.7. The zero-order chi connectivity index (χ0) is 27.7. The highest BCUT2D eigenvalue weighted by molar-refractivity contribution is 6.35. The van der Waals surface area contributed by atoms with Crippen LogP contribution in [0, 0.1) is 11.7 Å². The van der Waals surface area contributed by atoms with Crippen LogP contribution < -0.4 is 16.2 Å². The molecule has 6 rings (SSSR count). The molecule has 3 amide bonds. The molecule has 208 valence electrons. The van der Waals surface area contributed by atoms with Crippen molar-refractivity contribution < 1.29 is 28.6 Å². The lowest BCUT2D eigenvalue weighted by atomic mass is 9.77. The molecule has 0 radical (unpaired) electrons. The average Bonchev–Trinajstić information content (AvgIpc) is 3.33. The maximum absolute atomic E-state index is 13.2. The summed E-state index contributed by atoms with van der Waals surface area (Å²) in [6.07, 6.45) is 3.83. The SMILES string of the molecule is CN(CC1CCCO1)C(=O)C(=O)NC12CCC(CC1)Cn1c2nc(C(=O)NCc2ccc(F)cc2)c(O)c1=O. The molecule has 1 aromatic heterocycles. The Morgan fingerprint density at radius 3 is 2.59 bits per heavy atom. The van der Waals surface area contributed by atoms with Gasteiger partial charge in [0.1, 0.15) is 11.6 Å². The number of fused-ring (bicyclic) bond motifs is 2. The Morgan fingerprint density at radius 1 is 1.21 bits per heavy atom. The molecule has 0 spiro atoms. The lowest BCUT2D eigenvalue weighted by Crippen LogP contribution is -2.54. The number of likely N-dealkylation sites (N-methyl/N-ethyl adjacent to an activating group) is 1. The highest BCUT2D eigenvalue weighted by Crippen LogP contribution is 2.43. The van der Waals surface area contributed by atoms with Crippen molar-refractivity contribution in [1.82, 2.24) is 25.1 Å². The molecule has 12 heteroatoms. The molecule has 1 saturated heterocycles. The standard InChI is InChI=1S/C27H32FN5O6/c1-32(15-19-3-2-12-39-19)25(38)23(36)31-27-10-8-17(9-11-27)14-33-24(37)21(34)20(30-26(27)33)22(35)29-13-16-4-6-18(28)7-5-16/h4-7,17,19,34H,2-3,8-15H2,1H3,(H,29,35)(H,31,36). The summed E-state index contributed by atoms with van der Waals surface area (Å²) in [6.45, 7) is 1.24. The highest BCUT2D eigenvalue weighted by atomic mass is 19.1. The van der Waals surface area contributed by atoms with E-state index in [9.17, 15) is 28.7 Å². The second-order valence-corrected chi connectivity index (χ2v) is 10.7. The van der Waals surface area contributed by atoms with E-state index in [-0.39, 0.29) is 30.9 Å². The van der Waals surface area contributed by atoms with Gasteiger partial charge in [-0.15, -0.1) is 0 Å². The minimum absolute atomic E-state index is 0.0220. The van der Waals surface area contributed by atoms with E-state index in [1.165, 1.54) is 33.7 Å². The van der Waals surface area contributed by atoms with Crippen LogP contribution in [-0.4, -0.2) is 63.6 Å². The Morgan fingerprint density at radius 2 is 1.92 bits per heavy atom. The van der Waals surface area contributed by atoms with Crippen LogP contribution in [0.4, 0.5) is 4.39 Å². The van der Waals surface area contributed by atoms with Gasteiger partial charge in [0.15, 0.2) is 5.69 Å². The fourth-order valence-electron chi connectivity index (χ4n) is 5.74. The Labute approximate surface area is 224 Å². The summed E-state index contributed by atoms with van der Waals surface area (Å²) in [4.78, 5) is 58.1. The number of benzene rings is 1. The molecule has 39 heavy (non-hydrogen) atoms. The van der Waals surface area contributed by atoms with E-state index in [0.717, 1.165) is 12.8 Å². The molecular weight excluding hydrogens is 509 g/mol. The summed E-state index contributed by atoms with van der Waals surface area (Å²) < 4.78 is 20.1. The molecule has 2 bridgehead atoms. The summed E-state index contributed by atoms with van der Waals surface area (Å²) in [7, 11) is 1.55. The molecule has 2 fully saturated rings. The number of carbonyl (C=O) groups is 3. The second kappa shape index (κ2) is 10.8. The third-order valence-corrected chi connectivity index (χ3v) is 7.95. The topological polar surface area (TPSA) is 143 Å². The van der Waals surface area contributed by atoms with Gasteiger partial charge in [-0.2, -0.15) is 0 Å². The first kappa shape index (κ1) is 26.8. The van der Waals surface area contributed by atoms with Gasteiger partial charge in [-0.3, -0.25) is 23.7 Å². The number of hydrogen-bond acceptors (Lipinski definition) is 7. The summed E-state index contributed by atoms with van der Waals surface area (Å²) >= 11 is 0. The zero-order valence-corrected chi connectivity index (χ0v) is 21.7. The first-order chi connectivity index (χ1) is 18.7. The summed E-state index contributed by atoms with van der Waals surface area (Å²) in [5.41, 5.74) is -1.78. The molecule has 1 saturated carbocycles. The number of carbonyl (C=O) groups excluding carboxylic acids is 3. The molecular formula is C27H32FN5O6. The van der Waals surface area contributed by atoms with Crippen molar-refractivity contribution in [1.29, 1.82) is 0 Å². The Kier molecular flexibility index (Phi) is 7.39. The monoisotopic (exact) mass is 541 g/mol. The van der Waals surface area contributed by atoms with Crippen LogP contribution in [-0.2, 0) is 33.0 Å². The summed E-state index contributed by atoms with van der Waals surface area (Å²) in [5.74, 6) is -3.26. The van der Waals surface area contributed by atoms with E-state index in [0.29, 0.717) is 44.4 Å². The van der Waals surface area contributed by atoms with Crippen molar-refractivity contribution in [2.45, 2.75) is 63.3 Å². The molecule has 11 nitrogen and oxygen atoms in total. The van der Waals surface area contributed by atoms with Gasteiger partial charge in [-0.1, -0.05) is 12.1 Å². The Hall–Kier alpha value is -3.80. The molecule has 3 aliphatic heterocycles. The van der Waals surface area contributed by atoms with Gasteiger partial charge in [-0.25, -0.2) is 9.37 Å². The highest BCUT2D eigenvalue weighted by Gasteiger charge is 2.47. The largest absolute Gasteiger partial charge is 0.501 e. The summed E-state index contributed by atoms with van der Waals surface area (Å²) in [5, 5.41) is 16.1. The van der Waals surface area contributed by atoms with Crippen LogP contribution >= 0.6 is 0 Å². The van der Waals surface area contributed by atoms with Crippen molar-refractivity contribution in [3.05, 3.63) is 57.5 Å². The fourth-order valence-corrected chi connectivity index (χ4v) is 5.74. The van der Waals surface area contributed by atoms with Crippen molar-refractivity contribution >= 4 is 17.7 Å². The van der Waals surface area contributed by atoms with Gasteiger partial charge in [-0.05, 0) is 62.1 Å². The molecule has 4 heterocycles. The maximum atomic E-state index is 13.2. The number of aromatic hydroxyl groups is 1. The number of nitrogens with one attached hydrogen (secondary N) is 2. The molecule has 4 aliphatic rings. The van der Waals surface area contributed by atoms with Crippen LogP contribution in [0.25, 0.3) is 0 Å². The molecule has 1 aliphatic carbocycles. The van der Waals surface area contributed by atoms with Crippen molar-refractivity contribution in [2.75, 3.05) is 20.2 Å². The minimum Gasteiger partial charge on any atom is -0.501 e. The molecule has 1 atom stereocenters. The van der Waals surface area contributed by atoms with E-state index in [2.05, 4.69) is 15.6 Å². The van der Waals surface area contributed by atoms with Crippen LogP contribution in [0.15, 0.2) is 29.1 Å². The maximum Gasteiger partial charge on any atom is 0.311 e. The number of nitrogens with zero attached hydrogens (tertiary/aromatic N) is 3. The fraction of sp³-hybridized carbons (Fsp3) is 0.519. The Bertz CT molecular complexity index is 1330. The number of ether oxygens (including phenoxy) is 1. The van der Waals surface area contributed by atoms with Crippen molar-refractivity contribution in [2.24, 2.45) is 5.92 Å². The van der Waals surface area contributed by atoms with Crippen molar-refractivity contribution in [3.63, 3.8) is 0 Å². The van der Waals surface area contributed by atoms with Gasteiger partial charge in [0, 0.05) is 33.3 Å². The normalized spacial score (nSPS) is 23.5. The molecule has 2 aromatic rings. The number of halogens is 1. The van der Waals surface area contributed by atoms with E-state index in [1.54, 1.807) is 7.05 Å². The van der Waals surface area contributed by atoms with E-state index in [4.69, 9.17) is 4.74 Å². The van der Waals surface area contributed by atoms with Crippen LogP contribution in [0.2, 0.25) is 0 Å². The Balaban J connectivity index is 1.41. The second-order valence-electron chi connectivity index (χ2n) is 10.7. The quantitative estimate of drug-likeness (QED) is 0.466. The molecule has 1 unspecified atom stereocenters. The lowest BCUT2D eigenvalue weighted by molar-refractivity contribution is -0.147. The van der Waals surface area contributed by atoms with Crippen LogP contribution in [0.1, 0.15) is 60.4 Å². The third-order valence-electron chi connectivity index (χ3n) is 7.95. The van der Waals surface area contributed by atoms with Crippen LogP contribution in [0.3, 0.4) is 0 Å². The van der Waals surface area contributed by atoms with Gasteiger partial charge < -0.3 is 25.4 Å². The smallest absolute Gasteiger partial charge is 0.311 e. The minimum atomic E-state index is -1.15. The first-order valence-electron chi connectivity index (χ1n) is 13.2. The average molecular weight is 542 g/mol. The third kappa shape index (κ3) is 5.38. The van der Waals surface area contributed by atoms with E-state index >= 15 is 0 Å². The van der Waals surface area contributed by atoms with Crippen molar-refractivity contribution in [3.8, 4) is 5.75 Å². The van der Waals surface area contributed by atoms with Gasteiger partial charge in [0.2, 0.25) is 5.75 Å². The van der Waals surface area contributed by atoms with Gasteiger partial charge in [0.25, 0.3) is 11.5 Å². The van der Waals surface area contributed by atoms with E-state index < -0.39 is 46.1 Å². The number of rotatable bonds is 6. The molecule has 3 N–H and O–H groups in total. The first-order valence-corrected chi connectivity index (χ1v) is 13.2. The lowest BCUT2D eigenvalue weighted by Gasteiger charge is -2.37. The predicted octanol–water partition coefficient (Wildman–Crippen LogP) is 1.17. The summed E-state index contributed by atoms with van der Waals surface area (Å²) in [6, 6.07) is 5.53. The van der Waals surface area contributed by atoms with Gasteiger partial charge in [0.05, 0.1) is 11.6 Å². The number of hydrogen-bond donors (Lipinski definition) is 3.